The van der Waals surface area contributed by atoms with Crippen molar-refractivity contribution in [2.75, 3.05) is 26.0 Å². The molecule has 0 aromatic heterocycles. The van der Waals surface area contributed by atoms with Crippen molar-refractivity contribution in [1.82, 2.24) is 4.90 Å². The van der Waals surface area contributed by atoms with E-state index in [0.29, 0.717) is 13.1 Å². The Hall–Kier alpha value is -1.20. The number of carbonyl (C=O) groups is 1. The number of nitrogens with zero attached hydrogens (tertiary/aromatic N) is 1. The monoisotopic (exact) mass is 253 g/mol. The predicted molar refractivity (Wildman–Crippen MR) is 66.1 cm³/mol. The number of benzene rings is 1. The van der Waals surface area contributed by atoms with E-state index in [1.54, 1.807) is 23.9 Å². The molecule has 17 heavy (non-hydrogen) atoms. The number of hydrogen-bond acceptors (Lipinski definition) is 5. The molecule has 0 spiro atoms. The highest BCUT2D eigenvalue weighted by Gasteiger charge is 2.17. The standard InChI is InChI=1S/C12H15NO3S/c1-16-12(15)8-13-4-5-17-11-3-2-10(14)6-9(11)7-13/h2-3,6,14H,4-5,7-8H2,1H3. The Morgan fingerprint density at radius 3 is 3.18 bits per heavy atom. The molecular weight excluding hydrogens is 238 g/mol. The number of phenolic OH excluding ortho intramolecular Hbond substituents is 1. The number of fused-ring (bicyclic) bond motifs is 1. The van der Waals surface area contributed by atoms with Crippen LogP contribution in [0.5, 0.6) is 5.75 Å². The van der Waals surface area contributed by atoms with Gasteiger partial charge in [-0.3, -0.25) is 9.69 Å². The first-order valence-electron chi connectivity index (χ1n) is 5.43. The number of hydrogen-bond donors (Lipinski definition) is 1. The van der Waals surface area contributed by atoms with Crippen molar-refractivity contribution < 1.29 is 14.6 Å². The molecule has 0 unspecified atom stereocenters. The van der Waals surface area contributed by atoms with Gasteiger partial charge in [0.1, 0.15) is 5.75 Å². The zero-order valence-electron chi connectivity index (χ0n) is 9.68. The molecule has 0 bridgehead atoms. The normalized spacial score (nSPS) is 16.1. The molecule has 0 atom stereocenters. The summed E-state index contributed by atoms with van der Waals surface area (Å²) in [5.41, 5.74) is 1.07. The number of methoxy groups -OCH3 is 1. The summed E-state index contributed by atoms with van der Waals surface area (Å²) in [6.07, 6.45) is 0. The number of ether oxygens (including phenoxy) is 1. The van der Waals surface area contributed by atoms with E-state index in [9.17, 15) is 9.90 Å². The number of aromatic hydroxyl groups is 1. The molecule has 1 aliphatic heterocycles. The smallest absolute Gasteiger partial charge is 0.319 e. The van der Waals surface area contributed by atoms with Crippen LogP contribution in [0.25, 0.3) is 0 Å². The molecule has 1 aliphatic rings. The number of rotatable bonds is 2. The third-order valence-corrected chi connectivity index (χ3v) is 3.78. The van der Waals surface area contributed by atoms with Crippen LogP contribution in [-0.4, -0.2) is 41.9 Å². The third-order valence-electron chi connectivity index (χ3n) is 2.68. The summed E-state index contributed by atoms with van der Waals surface area (Å²) in [6.45, 7) is 1.81. The fourth-order valence-corrected chi connectivity index (χ4v) is 2.86. The van der Waals surface area contributed by atoms with Crippen molar-refractivity contribution in [1.29, 1.82) is 0 Å². The van der Waals surface area contributed by atoms with Gasteiger partial charge in [-0.2, -0.15) is 0 Å². The SMILES string of the molecule is COC(=O)CN1CCSc2ccc(O)cc2C1. The lowest BCUT2D eigenvalue weighted by Crippen LogP contribution is -2.31. The molecule has 5 heteroatoms. The van der Waals surface area contributed by atoms with E-state index in [0.717, 1.165) is 17.9 Å². The van der Waals surface area contributed by atoms with Crippen LogP contribution in [0.4, 0.5) is 0 Å². The quantitative estimate of drug-likeness (QED) is 0.809. The van der Waals surface area contributed by atoms with Gasteiger partial charge >= 0.3 is 5.97 Å². The van der Waals surface area contributed by atoms with E-state index in [1.165, 1.54) is 12.0 Å². The summed E-state index contributed by atoms with van der Waals surface area (Å²) in [5, 5.41) is 9.47. The molecule has 1 aromatic carbocycles. The van der Waals surface area contributed by atoms with Gasteiger partial charge in [-0.1, -0.05) is 0 Å². The molecule has 92 valence electrons. The molecule has 2 rings (SSSR count). The Kier molecular flexibility index (Phi) is 3.91. The molecule has 4 nitrogen and oxygen atoms in total. The van der Waals surface area contributed by atoms with Crippen LogP contribution in [0.3, 0.4) is 0 Å². The highest BCUT2D eigenvalue weighted by atomic mass is 32.2. The lowest BCUT2D eigenvalue weighted by Gasteiger charge is -2.18. The van der Waals surface area contributed by atoms with Crippen LogP contribution in [0.1, 0.15) is 5.56 Å². The highest BCUT2D eigenvalue weighted by Crippen LogP contribution is 2.29. The second-order valence-electron chi connectivity index (χ2n) is 3.93. The molecule has 1 N–H and O–H groups in total. The Labute approximate surface area is 105 Å². The zero-order valence-corrected chi connectivity index (χ0v) is 10.5. The Bertz CT molecular complexity index is 422. The van der Waals surface area contributed by atoms with Gasteiger partial charge in [0.05, 0.1) is 13.7 Å². The molecule has 0 aliphatic carbocycles. The lowest BCUT2D eigenvalue weighted by atomic mass is 10.2. The highest BCUT2D eigenvalue weighted by molar-refractivity contribution is 7.99. The topological polar surface area (TPSA) is 49.8 Å². The molecular formula is C12H15NO3S. The summed E-state index contributed by atoms with van der Waals surface area (Å²) in [4.78, 5) is 14.5. The van der Waals surface area contributed by atoms with Crippen LogP contribution < -0.4 is 0 Å². The van der Waals surface area contributed by atoms with Crippen LogP contribution in [-0.2, 0) is 16.1 Å². The van der Waals surface area contributed by atoms with Crippen molar-refractivity contribution in [3.05, 3.63) is 23.8 Å². The number of thioether (sulfide) groups is 1. The molecule has 0 radical (unpaired) electrons. The van der Waals surface area contributed by atoms with Crippen LogP contribution in [0, 0.1) is 0 Å². The van der Waals surface area contributed by atoms with E-state index in [1.807, 2.05) is 11.0 Å². The molecule has 1 aromatic rings. The molecule has 0 saturated heterocycles. The maximum absolute atomic E-state index is 11.3. The summed E-state index contributed by atoms with van der Waals surface area (Å²) in [6, 6.07) is 5.39. The zero-order chi connectivity index (χ0) is 12.3. The average molecular weight is 253 g/mol. The van der Waals surface area contributed by atoms with Gasteiger partial charge in [0.2, 0.25) is 0 Å². The van der Waals surface area contributed by atoms with Gasteiger partial charge < -0.3 is 9.84 Å². The first-order chi connectivity index (χ1) is 8.19. The van der Waals surface area contributed by atoms with Gasteiger partial charge in [-0.15, -0.1) is 11.8 Å². The molecule has 1 heterocycles. The first kappa shape index (κ1) is 12.3. The van der Waals surface area contributed by atoms with Crippen molar-refractivity contribution in [3.8, 4) is 5.75 Å². The van der Waals surface area contributed by atoms with E-state index in [-0.39, 0.29) is 11.7 Å². The number of phenols is 1. The largest absolute Gasteiger partial charge is 0.508 e. The Morgan fingerprint density at radius 1 is 1.59 bits per heavy atom. The van der Waals surface area contributed by atoms with Crippen molar-refractivity contribution in [2.24, 2.45) is 0 Å². The minimum absolute atomic E-state index is 0.224. The number of carbonyl (C=O) groups excluding carboxylic acids is 1. The predicted octanol–water partition coefficient (Wildman–Crippen LogP) is 1.47. The van der Waals surface area contributed by atoms with Gasteiger partial charge in [0.25, 0.3) is 0 Å². The van der Waals surface area contributed by atoms with E-state index in [2.05, 4.69) is 4.74 Å². The third kappa shape index (κ3) is 3.14. The van der Waals surface area contributed by atoms with Gasteiger partial charge in [0, 0.05) is 23.7 Å². The first-order valence-corrected chi connectivity index (χ1v) is 6.41. The van der Waals surface area contributed by atoms with Gasteiger partial charge in [0.15, 0.2) is 0 Å². The van der Waals surface area contributed by atoms with Crippen LogP contribution in [0.15, 0.2) is 23.1 Å². The summed E-state index contributed by atoms with van der Waals surface area (Å²) >= 11 is 1.75. The second kappa shape index (κ2) is 5.42. The van der Waals surface area contributed by atoms with Crippen LogP contribution in [0.2, 0.25) is 0 Å². The number of esters is 1. The summed E-state index contributed by atoms with van der Waals surface area (Å²) < 4.78 is 4.67. The lowest BCUT2D eigenvalue weighted by molar-refractivity contribution is -0.142. The van der Waals surface area contributed by atoms with Gasteiger partial charge in [-0.25, -0.2) is 0 Å². The fraction of sp³-hybridized carbons (Fsp3) is 0.417. The minimum atomic E-state index is -0.224. The van der Waals surface area contributed by atoms with Crippen molar-refractivity contribution in [2.45, 2.75) is 11.4 Å². The maximum atomic E-state index is 11.3. The summed E-state index contributed by atoms with van der Waals surface area (Å²) in [7, 11) is 1.40. The maximum Gasteiger partial charge on any atom is 0.319 e. The van der Waals surface area contributed by atoms with Gasteiger partial charge in [-0.05, 0) is 23.8 Å². The Morgan fingerprint density at radius 2 is 2.41 bits per heavy atom. The van der Waals surface area contributed by atoms with Crippen molar-refractivity contribution in [3.63, 3.8) is 0 Å². The minimum Gasteiger partial charge on any atom is -0.508 e. The van der Waals surface area contributed by atoms with Crippen molar-refractivity contribution >= 4 is 17.7 Å². The molecule has 0 amide bonds. The van der Waals surface area contributed by atoms with E-state index < -0.39 is 0 Å². The van der Waals surface area contributed by atoms with E-state index in [4.69, 9.17) is 0 Å². The average Bonchev–Trinajstić information content (AvgIpc) is 2.50. The fourth-order valence-electron chi connectivity index (χ4n) is 1.82. The van der Waals surface area contributed by atoms with E-state index >= 15 is 0 Å². The van der Waals surface area contributed by atoms with Crippen LogP contribution >= 0.6 is 11.8 Å². The summed E-state index contributed by atoms with van der Waals surface area (Å²) in [5.74, 6) is 0.984. The molecule has 0 fully saturated rings. The Balaban J connectivity index is 2.13. The molecule has 0 saturated carbocycles. The second-order valence-corrected chi connectivity index (χ2v) is 5.06.